The minimum Gasteiger partial charge on any atom is -0.477 e. The average molecular weight is 271 g/mol. The SMILES string of the molecule is Cc1[nH]c2nc3cc(C(C)(C)C)ccc3n2c1C(=O)O. The van der Waals surface area contributed by atoms with Crippen LogP contribution in [0.15, 0.2) is 18.2 Å². The molecule has 0 fully saturated rings. The molecule has 0 amide bonds. The maximum Gasteiger partial charge on any atom is 0.354 e. The van der Waals surface area contributed by atoms with Crippen LogP contribution < -0.4 is 0 Å². The van der Waals surface area contributed by atoms with E-state index < -0.39 is 5.97 Å². The Hall–Kier alpha value is -2.30. The number of carbonyl (C=O) groups is 1. The third kappa shape index (κ3) is 1.70. The quantitative estimate of drug-likeness (QED) is 0.714. The van der Waals surface area contributed by atoms with Gasteiger partial charge in [0.1, 0.15) is 0 Å². The molecule has 0 aliphatic heterocycles. The molecule has 0 saturated heterocycles. The van der Waals surface area contributed by atoms with E-state index in [-0.39, 0.29) is 11.1 Å². The summed E-state index contributed by atoms with van der Waals surface area (Å²) in [5, 5.41) is 9.35. The van der Waals surface area contributed by atoms with Gasteiger partial charge in [0.25, 0.3) is 0 Å². The van der Waals surface area contributed by atoms with Crippen molar-refractivity contribution in [2.75, 3.05) is 0 Å². The number of hydrogen-bond acceptors (Lipinski definition) is 2. The van der Waals surface area contributed by atoms with Crippen LogP contribution in [-0.2, 0) is 5.41 Å². The number of carboxylic acid groups (broad SMARTS) is 1. The van der Waals surface area contributed by atoms with Gasteiger partial charge in [0.05, 0.1) is 11.0 Å². The van der Waals surface area contributed by atoms with Gasteiger partial charge in [0.15, 0.2) is 5.69 Å². The minimum atomic E-state index is -0.951. The van der Waals surface area contributed by atoms with Gasteiger partial charge in [-0.1, -0.05) is 26.8 Å². The Balaban J connectivity index is 2.37. The van der Waals surface area contributed by atoms with E-state index >= 15 is 0 Å². The number of benzene rings is 1. The van der Waals surface area contributed by atoms with Crippen LogP contribution in [0.5, 0.6) is 0 Å². The number of H-pyrrole nitrogens is 1. The fourth-order valence-corrected chi connectivity index (χ4v) is 2.51. The van der Waals surface area contributed by atoms with Gasteiger partial charge in [-0.15, -0.1) is 0 Å². The maximum absolute atomic E-state index is 11.4. The molecule has 2 aromatic heterocycles. The Morgan fingerprint density at radius 3 is 2.65 bits per heavy atom. The molecule has 0 aliphatic rings. The molecule has 0 saturated carbocycles. The minimum absolute atomic E-state index is 0.0388. The van der Waals surface area contributed by atoms with Crippen LogP contribution in [0.1, 0.15) is 42.5 Å². The predicted molar refractivity (Wildman–Crippen MR) is 77.4 cm³/mol. The van der Waals surface area contributed by atoms with Gasteiger partial charge in [-0.2, -0.15) is 0 Å². The lowest BCUT2D eigenvalue weighted by molar-refractivity contribution is 0.0689. The molecule has 0 unspecified atom stereocenters. The Bertz CT molecular complexity index is 834. The normalized spacial score (nSPS) is 12.4. The van der Waals surface area contributed by atoms with Crippen molar-refractivity contribution in [2.24, 2.45) is 0 Å². The molecule has 2 heterocycles. The van der Waals surface area contributed by atoms with E-state index in [9.17, 15) is 9.90 Å². The molecule has 2 N–H and O–H groups in total. The lowest BCUT2D eigenvalue weighted by Crippen LogP contribution is -2.10. The first-order chi connectivity index (χ1) is 9.29. The maximum atomic E-state index is 11.4. The van der Waals surface area contributed by atoms with Crippen molar-refractivity contribution in [3.05, 3.63) is 35.2 Å². The molecule has 3 aromatic rings. The van der Waals surface area contributed by atoms with E-state index in [1.165, 1.54) is 5.56 Å². The lowest BCUT2D eigenvalue weighted by atomic mass is 9.87. The molecule has 104 valence electrons. The molecule has 20 heavy (non-hydrogen) atoms. The summed E-state index contributed by atoms with van der Waals surface area (Å²) in [5.74, 6) is -0.381. The summed E-state index contributed by atoms with van der Waals surface area (Å²) < 4.78 is 1.67. The van der Waals surface area contributed by atoms with Crippen molar-refractivity contribution in [1.29, 1.82) is 0 Å². The molecule has 0 atom stereocenters. The molecular formula is C15H17N3O2. The fraction of sp³-hybridized carbons (Fsp3) is 0.333. The first-order valence-electron chi connectivity index (χ1n) is 6.53. The second-order valence-electron chi connectivity index (χ2n) is 6.13. The van der Waals surface area contributed by atoms with Gasteiger partial charge >= 0.3 is 5.97 Å². The first kappa shape index (κ1) is 12.7. The highest BCUT2D eigenvalue weighted by Crippen LogP contribution is 2.27. The molecule has 5 nitrogen and oxygen atoms in total. The predicted octanol–water partition coefficient (Wildman–Crippen LogP) is 3.12. The highest BCUT2D eigenvalue weighted by Gasteiger charge is 2.20. The zero-order valence-corrected chi connectivity index (χ0v) is 12.0. The zero-order chi connectivity index (χ0) is 14.7. The van der Waals surface area contributed by atoms with Gasteiger partial charge in [0, 0.05) is 5.69 Å². The summed E-state index contributed by atoms with van der Waals surface area (Å²) in [6.07, 6.45) is 0. The van der Waals surface area contributed by atoms with Gasteiger partial charge in [0.2, 0.25) is 5.78 Å². The molecule has 0 aliphatic carbocycles. The van der Waals surface area contributed by atoms with Crippen molar-refractivity contribution >= 4 is 22.8 Å². The average Bonchev–Trinajstić information content (AvgIpc) is 2.80. The van der Waals surface area contributed by atoms with E-state index in [0.717, 1.165) is 11.0 Å². The van der Waals surface area contributed by atoms with Gasteiger partial charge in [-0.3, -0.25) is 4.40 Å². The number of nitrogens with one attached hydrogen (secondary N) is 1. The number of aromatic amines is 1. The topological polar surface area (TPSA) is 70.4 Å². The third-order valence-electron chi connectivity index (χ3n) is 3.60. The zero-order valence-electron chi connectivity index (χ0n) is 12.0. The Kier molecular flexibility index (Phi) is 2.45. The van der Waals surface area contributed by atoms with E-state index in [4.69, 9.17) is 0 Å². The largest absolute Gasteiger partial charge is 0.477 e. The lowest BCUT2D eigenvalue weighted by Gasteiger charge is -2.18. The summed E-state index contributed by atoms with van der Waals surface area (Å²) in [7, 11) is 0. The summed E-state index contributed by atoms with van der Waals surface area (Å²) in [6, 6.07) is 6.00. The monoisotopic (exact) mass is 271 g/mol. The van der Waals surface area contributed by atoms with Crippen molar-refractivity contribution < 1.29 is 9.90 Å². The van der Waals surface area contributed by atoms with Crippen molar-refractivity contribution in [2.45, 2.75) is 33.1 Å². The van der Waals surface area contributed by atoms with Crippen LogP contribution in [-0.4, -0.2) is 25.4 Å². The van der Waals surface area contributed by atoms with Crippen molar-refractivity contribution in [3.63, 3.8) is 0 Å². The number of nitrogens with zero attached hydrogens (tertiary/aromatic N) is 2. The van der Waals surface area contributed by atoms with E-state index in [1.807, 2.05) is 18.2 Å². The van der Waals surface area contributed by atoms with Crippen molar-refractivity contribution in [1.82, 2.24) is 14.4 Å². The molecule has 1 aromatic carbocycles. The smallest absolute Gasteiger partial charge is 0.354 e. The summed E-state index contributed by atoms with van der Waals surface area (Å²) >= 11 is 0. The first-order valence-corrected chi connectivity index (χ1v) is 6.53. The second-order valence-corrected chi connectivity index (χ2v) is 6.13. The third-order valence-corrected chi connectivity index (χ3v) is 3.60. The summed E-state index contributed by atoms with van der Waals surface area (Å²) in [6.45, 7) is 8.17. The molecular weight excluding hydrogens is 254 g/mol. The van der Waals surface area contributed by atoms with Gasteiger partial charge in [-0.25, -0.2) is 9.78 Å². The van der Waals surface area contributed by atoms with Crippen LogP contribution in [0.4, 0.5) is 0 Å². The fourth-order valence-electron chi connectivity index (χ4n) is 2.51. The van der Waals surface area contributed by atoms with Crippen LogP contribution in [0.2, 0.25) is 0 Å². The Morgan fingerprint density at radius 1 is 1.35 bits per heavy atom. The van der Waals surface area contributed by atoms with E-state index in [1.54, 1.807) is 11.3 Å². The number of aromatic carboxylic acids is 1. The van der Waals surface area contributed by atoms with Crippen LogP contribution in [0.25, 0.3) is 16.8 Å². The van der Waals surface area contributed by atoms with E-state index in [0.29, 0.717) is 11.5 Å². The Morgan fingerprint density at radius 2 is 2.05 bits per heavy atom. The van der Waals surface area contributed by atoms with Crippen LogP contribution >= 0.6 is 0 Å². The van der Waals surface area contributed by atoms with Crippen LogP contribution in [0, 0.1) is 6.92 Å². The molecule has 3 rings (SSSR count). The summed E-state index contributed by atoms with van der Waals surface area (Å²) in [5.41, 5.74) is 3.70. The molecule has 0 spiro atoms. The number of aromatic nitrogens is 3. The number of rotatable bonds is 1. The number of aryl methyl sites for hydroxylation is 1. The number of imidazole rings is 2. The molecule has 0 bridgehead atoms. The summed E-state index contributed by atoms with van der Waals surface area (Å²) in [4.78, 5) is 18.9. The second kappa shape index (κ2) is 3.85. The number of carboxylic acids is 1. The van der Waals surface area contributed by atoms with Crippen LogP contribution in [0.3, 0.4) is 0 Å². The molecule has 5 heteroatoms. The highest BCUT2D eigenvalue weighted by atomic mass is 16.4. The van der Waals surface area contributed by atoms with E-state index in [2.05, 4.69) is 30.7 Å². The van der Waals surface area contributed by atoms with Crippen molar-refractivity contribution in [3.8, 4) is 0 Å². The number of fused-ring (bicyclic) bond motifs is 3. The van der Waals surface area contributed by atoms with Gasteiger partial charge in [-0.05, 0) is 30.0 Å². The number of hydrogen-bond donors (Lipinski definition) is 2. The molecule has 0 radical (unpaired) electrons. The van der Waals surface area contributed by atoms with Gasteiger partial charge < -0.3 is 10.1 Å². The standard InChI is InChI=1S/C15H17N3O2/c1-8-12(13(19)20)18-11-6-5-9(15(2,3)4)7-10(11)17-14(18)16-8/h5-7H,1-4H3,(H,16,17)(H,19,20). The highest BCUT2D eigenvalue weighted by molar-refractivity contribution is 5.92. The Labute approximate surface area is 116 Å².